The molecule has 0 N–H and O–H groups in total. The van der Waals surface area contributed by atoms with Gasteiger partial charge >= 0.3 is 6.18 Å². The number of piperidine rings is 1. The normalized spacial score (nSPS) is 20.4. The van der Waals surface area contributed by atoms with Crippen molar-refractivity contribution in [2.45, 2.75) is 37.9 Å². The van der Waals surface area contributed by atoms with Crippen LogP contribution in [-0.2, 0) is 22.3 Å². The topological polar surface area (TPSA) is 40.6 Å². The molecule has 2 aliphatic rings. The molecule has 0 bridgehead atoms. The molecule has 1 unspecified atom stereocenters. The first kappa shape index (κ1) is 21.4. The molecule has 164 valence electrons. The van der Waals surface area contributed by atoms with Gasteiger partial charge in [0.05, 0.1) is 11.5 Å². The summed E-state index contributed by atoms with van der Waals surface area (Å²) in [5, 5.41) is 0. The standard InChI is InChI=1S/C24H25F3N2O2/c25-24(26,27)21-8-6-17(7-9-21)15-29-16-20(14-22(29)30)23(31)28-12-10-19(11-13-28)18-4-2-1-3-5-18/h1-9,19-20H,10-16H2. The monoisotopic (exact) mass is 430 g/mol. The Bertz CT molecular complexity index is 920. The molecule has 2 fully saturated rings. The van der Waals surface area contributed by atoms with E-state index in [0.717, 1.165) is 25.0 Å². The molecule has 2 saturated heterocycles. The minimum atomic E-state index is -4.38. The lowest BCUT2D eigenvalue weighted by molar-refractivity contribution is -0.138. The van der Waals surface area contributed by atoms with E-state index in [0.29, 0.717) is 31.1 Å². The Morgan fingerprint density at radius 1 is 0.968 bits per heavy atom. The van der Waals surface area contributed by atoms with Gasteiger partial charge < -0.3 is 9.80 Å². The van der Waals surface area contributed by atoms with Crippen molar-refractivity contribution in [2.24, 2.45) is 5.92 Å². The number of nitrogens with zero attached hydrogens (tertiary/aromatic N) is 2. The van der Waals surface area contributed by atoms with Gasteiger partial charge in [-0.2, -0.15) is 13.2 Å². The average molecular weight is 430 g/mol. The second kappa shape index (κ2) is 8.73. The van der Waals surface area contributed by atoms with Crippen LogP contribution in [0.2, 0.25) is 0 Å². The number of rotatable bonds is 4. The van der Waals surface area contributed by atoms with Crippen molar-refractivity contribution in [2.75, 3.05) is 19.6 Å². The first-order valence-corrected chi connectivity index (χ1v) is 10.6. The molecule has 0 aliphatic carbocycles. The zero-order chi connectivity index (χ0) is 22.0. The van der Waals surface area contributed by atoms with Crippen LogP contribution >= 0.6 is 0 Å². The first-order valence-electron chi connectivity index (χ1n) is 10.6. The van der Waals surface area contributed by atoms with Gasteiger partial charge in [0.2, 0.25) is 11.8 Å². The Hall–Kier alpha value is -2.83. The summed E-state index contributed by atoms with van der Waals surface area (Å²) in [5.41, 5.74) is 1.21. The summed E-state index contributed by atoms with van der Waals surface area (Å²) in [6.45, 7) is 1.90. The van der Waals surface area contributed by atoms with Gasteiger partial charge in [0.15, 0.2) is 0 Å². The van der Waals surface area contributed by atoms with Crippen LogP contribution in [0.1, 0.15) is 41.9 Å². The van der Waals surface area contributed by atoms with E-state index in [1.165, 1.54) is 17.7 Å². The van der Waals surface area contributed by atoms with Crippen LogP contribution in [0.5, 0.6) is 0 Å². The van der Waals surface area contributed by atoms with Crippen molar-refractivity contribution in [3.05, 3.63) is 71.3 Å². The molecule has 0 aromatic heterocycles. The number of alkyl halides is 3. The molecule has 0 spiro atoms. The molecular weight excluding hydrogens is 405 g/mol. The zero-order valence-electron chi connectivity index (χ0n) is 17.1. The van der Waals surface area contributed by atoms with E-state index in [2.05, 4.69) is 12.1 Å². The van der Waals surface area contributed by atoms with Crippen molar-refractivity contribution in [1.29, 1.82) is 0 Å². The summed E-state index contributed by atoms with van der Waals surface area (Å²) in [6, 6.07) is 15.1. The Labute approximate surface area is 179 Å². The summed E-state index contributed by atoms with van der Waals surface area (Å²) in [6.07, 6.45) is -2.40. The first-order chi connectivity index (χ1) is 14.8. The van der Waals surface area contributed by atoms with E-state index in [1.54, 1.807) is 4.90 Å². The highest BCUT2D eigenvalue weighted by molar-refractivity contribution is 5.89. The largest absolute Gasteiger partial charge is 0.416 e. The summed E-state index contributed by atoms with van der Waals surface area (Å²) in [5.74, 6) is -0.0472. The summed E-state index contributed by atoms with van der Waals surface area (Å²) < 4.78 is 38.2. The summed E-state index contributed by atoms with van der Waals surface area (Å²) in [7, 11) is 0. The minimum Gasteiger partial charge on any atom is -0.342 e. The molecule has 2 aromatic rings. The lowest BCUT2D eigenvalue weighted by Crippen LogP contribution is -2.42. The van der Waals surface area contributed by atoms with Crippen LogP contribution in [0.4, 0.5) is 13.2 Å². The van der Waals surface area contributed by atoms with Crippen LogP contribution in [0.25, 0.3) is 0 Å². The third kappa shape index (κ3) is 4.92. The number of carbonyl (C=O) groups excluding carboxylic acids is 2. The maximum absolute atomic E-state index is 13.0. The molecule has 2 aliphatic heterocycles. The van der Waals surface area contributed by atoms with Crippen molar-refractivity contribution in [1.82, 2.24) is 9.80 Å². The van der Waals surface area contributed by atoms with E-state index in [1.807, 2.05) is 23.1 Å². The van der Waals surface area contributed by atoms with Crippen molar-refractivity contribution >= 4 is 11.8 Å². The van der Waals surface area contributed by atoms with Gasteiger partial charge in [-0.3, -0.25) is 9.59 Å². The molecule has 1 atom stereocenters. The van der Waals surface area contributed by atoms with Gasteiger partial charge in [0, 0.05) is 32.6 Å². The van der Waals surface area contributed by atoms with Crippen LogP contribution in [0.3, 0.4) is 0 Å². The number of likely N-dealkylation sites (tertiary alicyclic amines) is 2. The smallest absolute Gasteiger partial charge is 0.342 e. The Balaban J connectivity index is 1.31. The number of halogens is 3. The van der Waals surface area contributed by atoms with E-state index >= 15 is 0 Å². The number of carbonyl (C=O) groups is 2. The number of hydrogen-bond donors (Lipinski definition) is 0. The fourth-order valence-corrected chi connectivity index (χ4v) is 4.53. The van der Waals surface area contributed by atoms with Gasteiger partial charge in [-0.15, -0.1) is 0 Å². The van der Waals surface area contributed by atoms with Gasteiger partial charge in [-0.1, -0.05) is 42.5 Å². The van der Waals surface area contributed by atoms with Crippen molar-refractivity contribution < 1.29 is 22.8 Å². The molecule has 4 rings (SSSR count). The fraction of sp³-hybridized carbons (Fsp3) is 0.417. The van der Waals surface area contributed by atoms with E-state index in [4.69, 9.17) is 0 Å². The predicted octanol–water partition coefficient (Wildman–Crippen LogP) is 4.46. The number of benzene rings is 2. The van der Waals surface area contributed by atoms with Crippen LogP contribution in [0.15, 0.2) is 54.6 Å². The second-order valence-electron chi connectivity index (χ2n) is 8.38. The lowest BCUT2D eigenvalue weighted by atomic mass is 9.89. The Morgan fingerprint density at radius 3 is 2.23 bits per heavy atom. The van der Waals surface area contributed by atoms with Gasteiger partial charge in [0.25, 0.3) is 0 Å². The highest BCUT2D eigenvalue weighted by Crippen LogP contribution is 2.31. The summed E-state index contributed by atoms with van der Waals surface area (Å²) >= 11 is 0. The van der Waals surface area contributed by atoms with E-state index in [9.17, 15) is 22.8 Å². The second-order valence-corrected chi connectivity index (χ2v) is 8.38. The molecule has 7 heteroatoms. The molecule has 0 saturated carbocycles. The van der Waals surface area contributed by atoms with Crippen LogP contribution in [0, 0.1) is 5.92 Å². The van der Waals surface area contributed by atoms with Crippen LogP contribution in [-0.4, -0.2) is 41.2 Å². The third-order valence-electron chi connectivity index (χ3n) is 6.30. The average Bonchev–Trinajstić information content (AvgIpc) is 3.14. The van der Waals surface area contributed by atoms with Gasteiger partial charge in [0.1, 0.15) is 0 Å². The molecule has 4 nitrogen and oxygen atoms in total. The maximum Gasteiger partial charge on any atom is 0.416 e. The molecule has 0 radical (unpaired) electrons. The molecule has 31 heavy (non-hydrogen) atoms. The highest BCUT2D eigenvalue weighted by Gasteiger charge is 2.37. The zero-order valence-corrected chi connectivity index (χ0v) is 17.1. The number of hydrogen-bond acceptors (Lipinski definition) is 2. The van der Waals surface area contributed by atoms with E-state index < -0.39 is 11.7 Å². The highest BCUT2D eigenvalue weighted by atomic mass is 19.4. The molecular formula is C24H25F3N2O2. The molecule has 2 heterocycles. The lowest BCUT2D eigenvalue weighted by Gasteiger charge is -2.33. The Kier molecular flexibility index (Phi) is 6.03. The van der Waals surface area contributed by atoms with Crippen molar-refractivity contribution in [3.63, 3.8) is 0 Å². The number of amides is 2. The van der Waals surface area contributed by atoms with Crippen molar-refractivity contribution in [3.8, 4) is 0 Å². The predicted molar refractivity (Wildman–Crippen MR) is 110 cm³/mol. The van der Waals surface area contributed by atoms with Crippen LogP contribution < -0.4 is 0 Å². The van der Waals surface area contributed by atoms with Gasteiger partial charge in [-0.25, -0.2) is 0 Å². The fourth-order valence-electron chi connectivity index (χ4n) is 4.53. The maximum atomic E-state index is 13.0. The molecule has 2 amide bonds. The SMILES string of the molecule is O=C1CC(C(=O)N2CCC(c3ccccc3)CC2)CN1Cc1ccc(C(F)(F)F)cc1. The van der Waals surface area contributed by atoms with E-state index in [-0.39, 0.29) is 30.7 Å². The summed E-state index contributed by atoms with van der Waals surface area (Å²) in [4.78, 5) is 28.8. The molecule has 2 aromatic carbocycles. The third-order valence-corrected chi connectivity index (χ3v) is 6.30. The Morgan fingerprint density at radius 2 is 1.61 bits per heavy atom. The quantitative estimate of drug-likeness (QED) is 0.719. The van der Waals surface area contributed by atoms with Gasteiger partial charge in [-0.05, 0) is 42.0 Å². The minimum absolute atomic E-state index is 0.00906.